The lowest BCUT2D eigenvalue weighted by Gasteiger charge is -2.44. The molecule has 2 N–H and O–H groups in total. The second-order valence-corrected chi connectivity index (χ2v) is 14.1. The van der Waals surface area contributed by atoms with Gasteiger partial charge in [-0.2, -0.15) is 0 Å². The van der Waals surface area contributed by atoms with Crippen molar-refractivity contribution in [3.63, 3.8) is 0 Å². The maximum absolute atomic E-state index is 13.9. The molecule has 2 amide bonds. The average Bonchev–Trinajstić information content (AvgIpc) is 3.43. The number of carbonyl (C=O) groups excluding carboxylic acids is 2. The van der Waals surface area contributed by atoms with Gasteiger partial charge in [-0.15, -0.1) is 0 Å². The van der Waals surface area contributed by atoms with E-state index < -0.39 is 33.5 Å². The van der Waals surface area contributed by atoms with Gasteiger partial charge in [0.15, 0.2) is 0 Å². The second-order valence-electron chi connectivity index (χ2n) is 12.1. The zero-order valence-corrected chi connectivity index (χ0v) is 27.3. The summed E-state index contributed by atoms with van der Waals surface area (Å²) in [5.41, 5.74) is 2.75. The first-order valence-electron chi connectivity index (χ1n) is 15.3. The quantitative estimate of drug-likeness (QED) is 0.272. The lowest BCUT2D eigenvalue weighted by molar-refractivity contribution is -0.143. The molecule has 3 atom stereocenters. The first kappa shape index (κ1) is 32.5. The maximum atomic E-state index is 13.9. The number of nitrogens with zero attached hydrogens (tertiary/aromatic N) is 2. The zero-order valence-electron chi connectivity index (χ0n) is 26.5. The number of amides is 2. The van der Waals surface area contributed by atoms with E-state index in [1.54, 1.807) is 23.1 Å². The molecule has 47 heavy (non-hydrogen) atoms. The number of fused-ring (bicyclic) bond motifs is 2. The summed E-state index contributed by atoms with van der Waals surface area (Å²) >= 11 is 0. The van der Waals surface area contributed by atoms with Gasteiger partial charge in [-0.25, -0.2) is 17.2 Å². The molecule has 0 radical (unpaired) electrons. The summed E-state index contributed by atoms with van der Waals surface area (Å²) in [6.07, 6.45) is 2.88. The van der Waals surface area contributed by atoms with Crippen molar-refractivity contribution in [1.29, 1.82) is 0 Å². The Kier molecular flexibility index (Phi) is 8.70. The highest BCUT2D eigenvalue weighted by Gasteiger charge is 2.42. The van der Waals surface area contributed by atoms with Gasteiger partial charge >= 0.3 is 0 Å². The molecular formula is C34H36F2N4O6S. The average molecular weight is 667 g/mol. The van der Waals surface area contributed by atoms with Crippen molar-refractivity contribution in [2.45, 2.75) is 37.8 Å². The molecule has 2 aliphatic rings. The first-order chi connectivity index (χ1) is 22.4. The highest BCUT2D eigenvalue weighted by molar-refractivity contribution is 7.92. The molecule has 2 heterocycles. The smallest absolute Gasteiger partial charge is 0.255 e. The van der Waals surface area contributed by atoms with Gasteiger partial charge in [-0.1, -0.05) is 6.07 Å². The molecule has 248 valence electrons. The summed E-state index contributed by atoms with van der Waals surface area (Å²) < 4.78 is 66.0. The Labute approximate surface area is 271 Å². The third-order valence-electron chi connectivity index (χ3n) is 9.31. The van der Waals surface area contributed by atoms with Crippen LogP contribution in [0.4, 0.5) is 14.5 Å². The second kappa shape index (κ2) is 12.6. The predicted octanol–water partition coefficient (Wildman–Crippen LogP) is 4.98. The monoisotopic (exact) mass is 666 g/mol. The molecule has 1 aliphatic heterocycles. The molecule has 3 aromatic carbocycles. The molecule has 2 fully saturated rings. The van der Waals surface area contributed by atoms with Crippen LogP contribution in [-0.4, -0.2) is 65.3 Å². The lowest BCUT2D eigenvalue weighted by Crippen LogP contribution is -2.58. The Morgan fingerprint density at radius 3 is 2.51 bits per heavy atom. The van der Waals surface area contributed by atoms with Gasteiger partial charge in [0.2, 0.25) is 15.9 Å². The third kappa shape index (κ3) is 6.17. The van der Waals surface area contributed by atoms with E-state index >= 15 is 0 Å². The number of rotatable bonds is 8. The predicted molar refractivity (Wildman–Crippen MR) is 174 cm³/mol. The van der Waals surface area contributed by atoms with Gasteiger partial charge in [0.1, 0.15) is 28.7 Å². The Hall–Kier alpha value is -4.49. The van der Waals surface area contributed by atoms with Gasteiger partial charge in [0.25, 0.3) is 5.91 Å². The highest BCUT2D eigenvalue weighted by Crippen LogP contribution is 2.45. The number of hydrogen-bond donors (Lipinski definition) is 2. The third-order valence-corrected chi connectivity index (χ3v) is 10.5. The van der Waals surface area contributed by atoms with Crippen LogP contribution in [0.15, 0.2) is 59.0 Å². The molecule has 13 heteroatoms. The number of sulfonamides is 1. The Morgan fingerprint density at radius 2 is 1.83 bits per heavy atom. The fourth-order valence-corrected chi connectivity index (χ4v) is 7.30. The summed E-state index contributed by atoms with van der Waals surface area (Å²) in [7, 11) is 0.702. The summed E-state index contributed by atoms with van der Waals surface area (Å²) in [5.74, 6) is -1.40. The van der Waals surface area contributed by atoms with E-state index in [9.17, 15) is 26.8 Å². The number of nitrogens with one attached hydrogen (secondary N) is 2. The maximum Gasteiger partial charge on any atom is 0.255 e. The highest BCUT2D eigenvalue weighted by atomic mass is 32.2. The summed E-state index contributed by atoms with van der Waals surface area (Å²) in [4.78, 5) is 28.9. The molecule has 10 nitrogen and oxygen atoms in total. The van der Waals surface area contributed by atoms with E-state index in [1.165, 1.54) is 61.9 Å². The minimum Gasteiger partial charge on any atom is -0.496 e. The molecule has 4 aromatic rings. The Bertz CT molecular complexity index is 1960. The van der Waals surface area contributed by atoms with Crippen molar-refractivity contribution < 1.29 is 35.9 Å². The van der Waals surface area contributed by atoms with Gasteiger partial charge in [-0.3, -0.25) is 19.2 Å². The van der Waals surface area contributed by atoms with Crippen molar-refractivity contribution in [1.82, 2.24) is 15.5 Å². The summed E-state index contributed by atoms with van der Waals surface area (Å²) in [6.45, 7) is 0.559. The normalized spacial score (nSPS) is 19.8. The fourth-order valence-electron chi connectivity index (χ4n) is 6.78. The molecule has 6 rings (SSSR count). The van der Waals surface area contributed by atoms with Crippen LogP contribution in [0.1, 0.15) is 46.7 Å². The number of anilines is 1. The standard InChI is InChI=1S/C34H36F2N4O6S/c1-37-33(41)31-26-15-24(28(39(2)47(4,43)44)16-30(26)46-32(31)19-5-9-22(35)10-6-19)20-8-12-27-25(13-20)34(42)40(18-38-27)17-21-7-11-23(36)14-29(21)45-3/h5-7,9-11,14-16,20,25,27,38H,8,12-13,17-18H2,1-4H3,(H,37,41). The van der Waals surface area contributed by atoms with Crippen molar-refractivity contribution in [2.75, 3.05) is 38.4 Å². The van der Waals surface area contributed by atoms with Crippen molar-refractivity contribution in [3.8, 4) is 17.1 Å². The first-order valence-corrected chi connectivity index (χ1v) is 17.1. The Balaban J connectivity index is 1.40. The van der Waals surface area contributed by atoms with Crippen molar-refractivity contribution >= 4 is 38.5 Å². The number of ether oxygens (including phenoxy) is 1. The van der Waals surface area contributed by atoms with Crippen LogP contribution in [0.2, 0.25) is 0 Å². The lowest BCUT2D eigenvalue weighted by atomic mass is 9.73. The van der Waals surface area contributed by atoms with Crippen LogP contribution < -0.4 is 19.7 Å². The minimum absolute atomic E-state index is 0.0584. The molecule has 0 spiro atoms. The largest absolute Gasteiger partial charge is 0.496 e. The molecule has 0 bridgehead atoms. The molecule has 1 aliphatic carbocycles. The number of carbonyl (C=O) groups is 2. The zero-order chi connectivity index (χ0) is 33.6. The molecule has 1 saturated carbocycles. The SMILES string of the molecule is CNC(=O)c1c(-c2ccc(F)cc2)oc2cc(N(C)S(C)(=O)=O)c(C3CCC4NCN(Cc5ccc(F)cc5OC)C(=O)C4C3)cc12. The van der Waals surface area contributed by atoms with Crippen molar-refractivity contribution in [3.05, 3.63) is 82.9 Å². The van der Waals surface area contributed by atoms with Crippen molar-refractivity contribution in [2.24, 2.45) is 5.92 Å². The van der Waals surface area contributed by atoms with Crippen LogP contribution in [0.3, 0.4) is 0 Å². The molecule has 1 aromatic heterocycles. The van der Waals surface area contributed by atoms with E-state index in [1.807, 2.05) is 0 Å². The van der Waals surface area contributed by atoms with E-state index in [0.717, 1.165) is 6.26 Å². The number of hydrogen-bond acceptors (Lipinski definition) is 7. The molecule has 1 saturated heterocycles. The van der Waals surface area contributed by atoms with E-state index in [0.29, 0.717) is 65.0 Å². The molecule has 3 unspecified atom stereocenters. The number of benzene rings is 3. The van der Waals surface area contributed by atoms with Crippen LogP contribution >= 0.6 is 0 Å². The van der Waals surface area contributed by atoms with Crippen LogP contribution in [0, 0.1) is 17.6 Å². The number of methoxy groups -OCH3 is 1. The Morgan fingerprint density at radius 1 is 1.11 bits per heavy atom. The number of halogens is 2. The summed E-state index contributed by atoms with van der Waals surface area (Å²) in [6, 6.07) is 13.1. The summed E-state index contributed by atoms with van der Waals surface area (Å²) in [5, 5.41) is 6.61. The topological polar surface area (TPSA) is 121 Å². The van der Waals surface area contributed by atoms with Gasteiger partial charge < -0.3 is 19.4 Å². The van der Waals surface area contributed by atoms with E-state index in [-0.39, 0.29) is 35.7 Å². The number of furan rings is 1. The van der Waals surface area contributed by atoms with Gasteiger partial charge in [-0.05, 0) is 67.1 Å². The van der Waals surface area contributed by atoms with Gasteiger partial charge in [0.05, 0.1) is 43.7 Å². The van der Waals surface area contributed by atoms with Crippen LogP contribution in [-0.2, 0) is 21.4 Å². The van der Waals surface area contributed by atoms with Crippen LogP contribution in [0.5, 0.6) is 5.75 Å². The van der Waals surface area contributed by atoms with E-state index in [4.69, 9.17) is 9.15 Å². The fraction of sp³-hybridized carbons (Fsp3) is 0.353. The van der Waals surface area contributed by atoms with Crippen LogP contribution in [0.25, 0.3) is 22.3 Å². The van der Waals surface area contributed by atoms with E-state index in [2.05, 4.69) is 10.6 Å². The molecular weight excluding hydrogens is 630 g/mol. The minimum atomic E-state index is -3.71. The van der Waals surface area contributed by atoms with Gasteiger partial charge in [0, 0.05) is 48.8 Å².